The topological polar surface area (TPSA) is 55.2 Å². The molecule has 0 saturated heterocycles. The van der Waals surface area contributed by atoms with E-state index in [1.165, 1.54) is 18.2 Å². The molecule has 1 aromatic carbocycles. The zero-order valence-corrected chi connectivity index (χ0v) is 12.7. The SMILES string of the molecule is CSCCCCCNc1ccc(Br)cc1[N+](=O)[O-]. The van der Waals surface area contributed by atoms with Gasteiger partial charge in [0.05, 0.1) is 4.92 Å². The molecule has 4 nitrogen and oxygen atoms in total. The van der Waals surface area contributed by atoms with Crippen LogP contribution in [0.25, 0.3) is 0 Å². The molecular weight excluding hydrogens is 316 g/mol. The van der Waals surface area contributed by atoms with Gasteiger partial charge in [0.25, 0.3) is 5.69 Å². The first-order valence-electron chi connectivity index (χ1n) is 5.82. The number of unbranched alkanes of at least 4 members (excludes halogenated alkanes) is 2. The van der Waals surface area contributed by atoms with E-state index in [0.717, 1.165) is 23.9 Å². The molecule has 1 aromatic rings. The van der Waals surface area contributed by atoms with Crippen molar-refractivity contribution in [3.05, 3.63) is 32.8 Å². The molecule has 0 spiro atoms. The van der Waals surface area contributed by atoms with Crippen LogP contribution < -0.4 is 5.32 Å². The van der Waals surface area contributed by atoms with Crippen LogP contribution in [0.1, 0.15) is 19.3 Å². The molecule has 0 fully saturated rings. The highest BCUT2D eigenvalue weighted by Gasteiger charge is 2.13. The molecule has 0 aliphatic carbocycles. The van der Waals surface area contributed by atoms with Crippen molar-refractivity contribution in [2.45, 2.75) is 19.3 Å². The van der Waals surface area contributed by atoms with Crippen molar-refractivity contribution in [2.24, 2.45) is 0 Å². The molecule has 1 N–H and O–H groups in total. The van der Waals surface area contributed by atoms with Crippen molar-refractivity contribution in [1.29, 1.82) is 0 Å². The normalized spacial score (nSPS) is 10.3. The van der Waals surface area contributed by atoms with Crippen LogP contribution in [0.15, 0.2) is 22.7 Å². The fourth-order valence-electron chi connectivity index (χ4n) is 1.58. The summed E-state index contributed by atoms with van der Waals surface area (Å²) in [5.41, 5.74) is 0.710. The molecule has 0 aliphatic rings. The van der Waals surface area contributed by atoms with E-state index >= 15 is 0 Å². The van der Waals surface area contributed by atoms with Crippen LogP contribution in [0.2, 0.25) is 0 Å². The quantitative estimate of drug-likeness (QED) is 0.438. The molecule has 0 aromatic heterocycles. The lowest BCUT2D eigenvalue weighted by Gasteiger charge is -2.07. The van der Waals surface area contributed by atoms with Crippen LogP contribution in [0.3, 0.4) is 0 Å². The summed E-state index contributed by atoms with van der Waals surface area (Å²) in [6.45, 7) is 0.775. The molecule has 0 atom stereocenters. The van der Waals surface area contributed by atoms with E-state index in [2.05, 4.69) is 27.5 Å². The molecule has 0 saturated carbocycles. The minimum Gasteiger partial charge on any atom is -0.379 e. The largest absolute Gasteiger partial charge is 0.379 e. The first-order valence-corrected chi connectivity index (χ1v) is 8.00. The number of halogens is 1. The second kappa shape index (κ2) is 8.37. The van der Waals surface area contributed by atoms with Crippen molar-refractivity contribution < 1.29 is 4.92 Å². The number of hydrogen-bond donors (Lipinski definition) is 1. The molecule has 0 aliphatic heterocycles. The molecule has 1 rings (SSSR count). The second-order valence-corrected chi connectivity index (χ2v) is 5.80. The third kappa shape index (κ3) is 5.27. The van der Waals surface area contributed by atoms with E-state index in [0.29, 0.717) is 5.69 Å². The number of nitro groups is 1. The van der Waals surface area contributed by atoms with E-state index in [9.17, 15) is 10.1 Å². The fraction of sp³-hybridized carbons (Fsp3) is 0.500. The van der Waals surface area contributed by atoms with Crippen LogP contribution in [0.5, 0.6) is 0 Å². The van der Waals surface area contributed by atoms with Gasteiger partial charge in [0.1, 0.15) is 5.69 Å². The molecule has 0 heterocycles. The predicted molar refractivity (Wildman–Crippen MR) is 81.5 cm³/mol. The summed E-state index contributed by atoms with van der Waals surface area (Å²) in [5.74, 6) is 1.18. The van der Waals surface area contributed by atoms with Gasteiger partial charge in [-0.3, -0.25) is 10.1 Å². The standard InChI is InChI=1S/C12H17BrN2O2S/c1-18-8-4-2-3-7-14-11-6-5-10(13)9-12(11)15(16)17/h5-6,9,14H,2-4,7-8H2,1H3. The van der Waals surface area contributed by atoms with Gasteiger partial charge >= 0.3 is 0 Å². The molecule has 6 heteroatoms. The summed E-state index contributed by atoms with van der Waals surface area (Å²) in [6.07, 6.45) is 5.49. The van der Waals surface area contributed by atoms with Gasteiger partial charge in [-0.05, 0) is 37.0 Å². The summed E-state index contributed by atoms with van der Waals surface area (Å²) in [5, 5.41) is 14.0. The number of thioether (sulfide) groups is 1. The molecule has 0 bridgehead atoms. The van der Waals surface area contributed by atoms with Crippen LogP contribution in [0, 0.1) is 10.1 Å². The van der Waals surface area contributed by atoms with Gasteiger partial charge in [-0.2, -0.15) is 11.8 Å². The number of nitrogens with zero attached hydrogens (tertiary/aromatic N) is 1. The van der Waals surface area contributed by atoms with Crippen molar-refractivity contribution >= 4 is 39.1 Å². The van der Waals surface area contributed by atoms with Crippen LogP contribution >= 0.6 is 27.7 Å². The minimum atomic E-state index is -0.360. The Labute approximate surface area is 120 Å². The Morgan fingerprint density at radius 1 is 1.39 bits per heavy atom. The van der Waals surface area contributed by atoms with Crippen LogP contribution in [-0.2, 0) is 0 Å². The van der Waals surface area contributed by atoms with Crippen molar-refractivity contribution in [3.63, 3.8) is 0 Å². The fourth-order valence-corrected chi connectivity index (χ4v) is 2.42. The van der Waals surface area contributed by atoms with Crippen molar-refractivity contribution in [1.82, 2.24) is 0 Å². The lowest BCUT2D eigenvalue weighted by Crippen LogP contribution is -2.04. The number of nitrogens with one attached hydrogen (secondary N) is 1. The van der Waals surface area contributed by atoms with Gasteiger partial charge in [0, 0.05) is 17.1 Å². The maximum absolute atomic E-state index is 10.9. The summed E-state index contributed by atoms with van der Waals surface area (Å²) in [7, 11) is 0. The summed E-state index contributed by atoms with van der Waals surface area (Å²) in [6, 6.07) is 5.07. The van der Waals surface area contributed by atoms with Crippen molar-refractivity contribution in [3.8, 4) is 0 Å². The Balaban J connectivity index is 2.44. The van der Waals surface area contributed by atoms with E-state index in [1.807, 2.05) is 17.8 Å². The average Bonchev–Trinajstić information content (AvgIpc) is 2.35. The Hall–Kier alpha value is -0.750. The number of benzene rings is 1. The first kappa shape index (κ1) is 15.3. The first-order chi connectivity index (χ1) is 8.65. The third-order valence-electron chi connectivity index (χ3n) is 2.50. The lowest BCUT2D eigenvalue weighted by atomic mass is 10.2. The molecule has 0 unspecified atom stereocenters. The number of anilines is 1. The van der Waals surface area contributed by atoms with E-state index in [4.69, 9.17) is 0 Å². The zero-order valence-electron chi connectivity index (χ0n) is 10.3. The van der Waals surface area contributed by atoms with Gasteiger partial charge in [0.2, 0.25) is 0 Å². The van der Waals surface area contributed by atoms with E-state index in [-0.39, 0.29) is 10.6 Å². The number of nitro benzene ring substituents is 1. The number of hydrogen-bond acceptors (Lipinski definition) is 4. The minimum absolute atomic E-state index is 0.119. The predicted octanol–water partition coefficient (Wildman–Crippen LogP) is 4.30. The maximum atomic E-state index is 10.9. The lowest BCUT2D eigenvalue weighted by molar-refractivity contribution is -0.384. The highest BCUT2D eigenvalue weighted by atomic mass is 79.9. The van der Waals surface area contributed by atoms with Gasteiger partial charge in [0.15, 0.2) is 0 Å². The molecule has 0 amide bonds. The average molecular weight is 333 g/mol. The highest BCUT2D eigenvalue weighted by molar-refractivity contribution is 9.10. The Morgan fingerprint density at radius 3 is 2.83 bits per heavy atom. The Kier molecular flexibility index (Phi) is 7.12. The molecular formula is C12H17BrN2O2S. The molecule has 0 radical (unpaired) electrons. The van der Waals surface area contributed by atoms with Gasteiger partial charge < -0.3 is 5.32 Å². The van der Waals surface area contributed by atoms with Gasteiger partial charge in [-0.15, -0.1) is 0 Å². The Bertz CT molecular complexity index is 402. The van der Waals surface area contributed by atoms with Gasteiger partial charge in [-0.25, -0.2) is 0 Å². The monoisotopic (exact) mass is 332 g/mol. The van der Waals surface area contributed by atoms with Crippen LogP contribution in [0.4, 0.5) is 11.4 Å². The summed E-state index contributed by atoms with van der Waals surface area (Å²) >= 11 is 5.09. The van der Waals surface area contributed by atoms with E-state index in [1.54, 1.807) is 6.07 Å². The van der Waals surface area contributed by atoms with Gasteiger partial charge in [-0.1, -0.05) is 22.4 Å². The number of rotatable bonds is 8. The van der Waals surface area contributed by atoms with E-state index < -0.39 is 0 Å². The molecule has 100 valence electrons. The van der Waals surface area contributed by atoms with Crippen molar-refractivity contribution in [2.75, 3.05) is 23.9 Å². The second-order valence-electron chi connectivity index (χ2n) is 3.90. The zero-order chi connectivity index (χ0) is 13.4. The summed E-state index contributed by atoms with van der Waals surface area (Å²) < 4.78 is 0.722. The molecule has 18 heavy (non-hydrogen) atoms. The Morgan fingerprint density at radius 2 is 2.17 bits per heavy atom. The smallest absolute Gasteiger partial charge is 0.293 e. The van der Waals surface area contributed by atoms with Crippen LogP contribution in [-0.4, -0.2) is 23.5 Å². The third-order valence-corrected chi connectivity index (χ3v) is 3.69. The highest BCUT2D eigenvalue weighted by Crippen LogP contribution is 2.27. The summed E-state index contributed by atoms with van der Waals surface area (Å²) in [4.78, 5) is 10.5. The maximum Gasteiger partial charge on any atom is 0.293 e.